The lowest BCUT2D eigenvalue weighted by atomic mass is 10.2. The predicted octanol–water partition coefficient (Wildman–Crippen LogP) is 0.0862. The lowest BCUT2D eigenvalue weighted by Crippen LogP contribution is -2.30. The molecule has 0 aliphatic rings. The van der Waals surface area contributed by atoms with E-state index in [1.165, 1.54) is 25.3 Å². The summed E-state index contributed by atoms with van der Waals surface area (Å²) in [6.07, 6.45) is 0. The number of hydrogen-bond acceptors (Lipinski definition) is 7. The molecule has 1 heterocycles. The molecule has 3 N–H and O–H groups in total. The SMILES string of the molecule is COc1ccc(NC(=O)Cn2nnc3ccccc3c2=O)cc1S(N)(=O)=O. The summed E-state index contributed by atoms with van der Waals surface area (Å²) in [5.41, 5.74) is 0.134. The molecule has 27 heavy (non-hydrogen) atoms. The Balaban J connectivity index is 1.85. The lowest BCUT2D eigenvalue weighted by molar-refractivity contribution is -0.117. The van der Waals surface area contributed by atoms with Gasteiger partial charge in [0.25, 0.3) is 5.56 Å². The van der Waals surface area contributed by atoms with Crippen molar-refractivity contribution in [2.24, 2.45) is 5.14 Å². The van der Waals surface area contributed by atoms with E-state index in [4.69, 9.17) is 9.88 Å². The highest BCUT2D eigenvalue weighted by Crippen LogP contribution is 2.26. The summed E-state index contributed by atoms with van der Waals surface area (Å²) in [4.78, 5) is 24.3. The van der Waals surface area contributed by atoms with Gasteiger partial charge in [0.2, 0.25) is 15.9 Å². The minimum absolute atomic E-state index is 0.0483. The van der Waals surface area contributed by atoms with Crippen molar-refractivity contribution >= 4 is 32.5 Å². The van der Waals surface area contributed by atoms with Gasteiger partial charge in [-0.2, -0.15) is 0 Å². The van der Waals surface area contributed by atoms with Crippen LogP contribution in [0.5, 0.6) is 5.75 Å². The van der Waals surface area contributed by atoms with Crippen molar-refractivity contribution in [2.75, 3.05) is 12.4 Å². The quantitative estimate of drug-likeness (QED) is 0.628. The molecule has 0 saturated carbocycles. The second-order valence-electron chi connectivity index (χ2n) is 5.53. The zero-order valence-electron chi connectivity index (χ0n) is 14.1. The fraction of sp³-hybridized carbons (Fsp3) is 0.125. The second kappa shape index (κ2) is 7.13. The van der Waals surface area contributed by atoms with E-state index in [0.29, 0.717) is 10.9 Å². The van der Waals surface area contributed by atoms with Crippen molar-refractivity contribution in [1.29, 1.82) is 0 Å². The lowest BCUT2D eigenvalue weighted by Gasteiger charge is -2.10. The van der Waals surface area contributed by atoms with Gasteiger partial charge in [-0.1, -0.05) is 17.3 Å². The number of carbonyl (C=O) groups excluding carboxylic acids is 1. The summed E-state index contributed by atoms with van der Waals surface area (Å²) in [5.74, 6) is -0.542. The Morgan fingerprint density at radius 2 is 2.00 bits per heavy atom. The first-order valence-electron chi connectivity index (χ1n) is 7.63. The van der Waals surface area contributed by atoms with Crippen LogP contribution in [-0.2, 0) is 21.4 Å². The Kier molecular flexibility index (Phi) is 4.88. The Bertz CT molecular complexity index is 1190. The summed E-state index contributed by atoms with van der Waals surface area (Å²) >= 11 is 0. The van der Waals surface area contributed by atoms with Crippen LogP contribution < -0.4 is 20.8 Å². The highest BCUT2D eigenvalue weighted by atomic mass is 32.2. The summed E-state index contributed by atoms with van der Waals surface area (Å²) < 4.78 is 29.1. The molecule has 3 rings (SSSR count). The van der Waals surface area contributed by atoms with E-state index in [-0.39, 0.29) is 16.3 Å². The Hall–Kier alpha value is -3.31. The van der Waals surface area contributed by atoms with Gasteiger partial charge in [-0.05, 0) is 30.3 Å². The van der Waals surface area contributed by atoms with Crippen molar-refractivity contribution in [3.8, 4) is 5.75 Å². The molecule has 0 unspecified atom stereocenters. The van der Waals surface area contributed by atoms with Gasteiger partial charge in [0.1, 0.15) is 22.7 Å². The molecule has 0 aliphatic heterocycles. The molecule has 140 valence electrons. The summed E-state index contributed by atoms with van der Waals surface area (Å²) in [6.45, 7) is -0.395. The normalized spacial score (nSPS) is 11.3. The maximum absolute atomic E-state index is 12.4. The smallest absolute Gasteiger partial charge is 0.278 e. The number of carbonyl (C=O) groups is 1. The van der Waals surface area contributed by atoms with Crippen LogP contribution in [-0.4, -0.2) is 36.4 Å². The minimum Gasteiger partial charge on any atom is -0.495 e. The molecule has 2 aromatic carbocycles. The third-order valence-corrected chi connectivity index (χ3v) is 4.61. The molecule has 0 atom stereocenters. The largest absolute Gasteiger partial charge is 0.495 e. The number of aromatic nitrogens is 3. The topological polar surface area (TPSA) is 146 Å². The van der Waals surface area contributed by atoms with Crippen molar-refractivity contribution in [3.05, 3.63) is 52.8 Å². The fourth-order valence-electron chi connectivity index (χ4n) is 2.44. The molecule has 0 bridgehead atoms. The van der Waals surface area contributed by atoms with Crippen LogP contribution in [0.3, 0.4) is 0 Å². The van der Waals surface area contributed by atoms with E-state index in [1.807, 2.05) is 0 Å². The van der Waals surface area contributed by atoms with E-state index < -0.39 is 28.0 Å². The van der Waals surface area contributed by atoms with Gasteiger partial charge >= 0.3 is 0 Å². The van der Waals surface area contributed by atoms with Gasteiger partial charge in [0.15, 0.2) is 0 Å². The molecule has 0 fully saturated rings. The number of rotatable bonds is 5. The number of primary sulfonamides is 1. The van der Waals surface area contributed by atoms with Crippen molar-refractivity contribution in [1.82, 2.24) is 15.0 Å². The first kappa shape index (κ1) is 18.5. The van der Waals surface area contributed by atoms with Crippen LogP contribution in [0.2, 0.25) is 0 Å². The fourth-order valence-corrected chi connectivity index (χ4v) is 3.16. The van der Waals surface area contributed by atoms with Crippen LogP contribution in [0, 0.1) is 0 Å². The Morgan fingerprint density at radius 1 is 1.26 bits per heavy atom. The Labute approximate surface area is 153 Å². The molecule has 0 aliphatic carbocycles. The molecule has 1 amide bonds. The summed E-state index contributed by atoms with van der Waals surface area (Å²) in [5, 5.41) is 15.6. The van der Waals surface area contributed by atoms with E-state index >= 15 is 0 Å². The molecular weight excluding hydrogens is 374 g/mol. The predicted molar refractivity (Wildman–Crippen MR) is 96.8 cm³/mol. The highest BCUT2D eigenvalue weighted by Gasteiger charge is 2.17. The zero-order valence-corrected chi connectivity index (χ0v) is 14.9. The van der Waals surface area contributed by atoms with Crippen LogP contribution in [0.25, 0.3) is 10.9 Å². The molecule has 11 heteroatoms. The molecule has 1 aromatic heterocycles. The first-order valence-corrected chi connectivity index (χ1v) is 9.17. The molecule has 0 spiro atoms. The number of nitrogens with one attached hydrogen (secondary N) is 1. The number of anilines is 1. The molecule has 3 aromatic rings. The zero-order chi connectivity index (χ0) is 19.6. The number of fused-ring (bicyclic) bond motifs is 1. The van der Waals surface area contributed by atoms with Gasteiger partial charge in [-0.15, -0.1) is 5.10 Å². The van der Waals surface area contributed by atoms with Gasteiger partial charge in [-0.25, -0.2) is 18.2 Å². The second-order valence-corrected chi connectivity index (χ2v) is 7.06. The van der Waals surface area contributed by atoms with E-state index in [2.05, 4.69) is 15.6 Å². The Morgan fingerprint density at radius 3 is 2.70 bits per heavy atom. The van der Waals surface area contributed by atoms with Gasteiger partial charge < -0.3 is 10.1 Å². The van der Waals surface area contributed by atoms with Crippen LogP contribution in [0.15, 0.2) is 52.2 Å². The van der Waals surface area contributed by atoms with Crippen LogP contribution in [0.4, 0.5) is 5.69 Å². The number of methoxy groups -OCH3 is 1. The maximum atomic E-state index is 12.4. The minimum atomic E-state index is -4.05. The first-order chi connectivity index (χ1) is 12.8. The summed E-state index contributed by atoms with van der Waals surface area (Å²) in [6, 6.07) is 10.6. The number of sulfonamides is 1. The molecule has 0 saturated heterocycles. The van der Waals surface area contributed by atoms with Gasteiger partial charge in [-0.3, -0.25) is 9.59 Å². The van der Waals surface area contributed by atoms with Gasteiger partial charge in [0, 0.05) is 5.69 Å². The average Bonchev–Trinajstić information content (AvgIpc) is 2.63. The van der Waals surface area contributed by atoms with E-state index in [9.17, 15) is 18.0 Å². The number of benzene rings is 2. The summed E-state index contributed by atoms with van der Waals surface area (Å²) in [7, 11) is -2.75. The van der Waals surface area contributed by atoms with Crippen LogP contribution in [0.1, 0.15) is 0 Å². The molecular formula is C16H15N5O5S. The van der Waals surface area contributed by atoms with Crippen molar-refractivity contribution in [2.45, 2.75) is 11.4 Å². The number of nitrogens with two attached hydrogens (primary N) is 1. The maximum Gasteiger partial charge on any atom is 0.278 e. The number of nitrogens with zero attached hydrogens (tertiary/aromatic N) is 3. The standard InChI is InChI=1S/C16H15N5O5S/c1-26-13-7-6-10(8-14(13)27(17,24)25)18-15(22)9-21-16(23)11-4-2-3-5-12(11)19-20-21/h2-8H,9H2,1H3,(H,18,22)(H2,17,24,25). The highest BCUT2D eigenvalue weighted by molar-refractivity contribution is 7.89. The van der Waals surface area contributed by atoms with Crippen molar-refractivity contribution in [3.63, 3.8) is 0 Å². The van der Waals surface area contributed by atoms with Crippen molar-refractivity contribution < 1.29 is 17.9 Å². The van der Waals surface area contributed by atoms with Gasteiger partial charge in [0.05, 0.1) is 12.5 Å². The van der Waals surface area contributed by atoms with E-state index in [0.717, 1.165) is 4.68 Å². The number of amides is 1. The third-order valence-electron chi connectivity index (χ3n) is 3.68. The molecule has 0 radical (unpaired) electrons. The number of ether oxygens (including phenoxy) is 1. The third kappa shape index (κ3) is 3.93. The van der Waals surface area contributed by atoms with Crippen LogP contribution >= 0.6 is 0 Å². The average molecular weight is 389 g/mol. The van der Waals surface area contributed by atoms with E-state index in [1.54, 1.807) is 24.3 Å². The molecule has 10 nitrogen and oxygen atoms in total. The monoisotopic (exact) mass is 389 g/mol. The number of hydrogen-bond donors (Lipinski definition) is 2.